The monoisotopic (exact) mass is 473 g/mol. The van der Waals surface area contributed by atoms with E-state index in [2.05, 4.69) is 10.3 Å². The maximum atomic E-state index is 12.7. The van der Waals surface area contributed by atoms with Gasteiger partial charge in [-0.25, -0.2) is 13.4 Å². The average Bonchev–Trinajstić information content (AvgIpc) is 2.74. The fourth-order valence-corrected chi connectivity index (χ4v) is 5.32. The van der Waals surface area contributed by atoms with Gasteiger partial charge in [-0.15, -0.1) is 0 Å². The van der Waals surface area contributed by atoms with E-state index in [1.54, 1.807) is 13.0 Å². The number of hydrogen-bond acceptors (Lipinski definition) is 5. The molecular weight excluding hydrogens is 451 g/mol. The van der Waals surface area contributed by atoms with Crippen molar-refractivity contribution < 1.29 is 26.4 Å². The fourth-order valence-electron chi connectivity index (χ4n) is 3.06. The first-order chi connectivity index (χ1) is 14.6. The van der Waals surface area contributed by atoms with Gasteiger partial charge in [0.05, 0.1) is 15.8 Å². The Bertz CT molecular complexity index is 1000. The number of hydrogen-bond donors (Lipinski definition) is 1. The number of halogens is 3. The molecule has 1 unspecified atom stereocenters. The van der Waals surface area contributed by atoms with Crippen LogP contribution in [0.4, 0.5) is 18.9 Å². The van der Waals surface area contributed by atoms with E-state index >= 15 is 0 Å². The Kier molecular flexibility index (Phi) is 7.28. The highest BCUT2D eigenvalue weighted by Crippen LogP contribution is 2.30. The Morgan fingerprint density at radius 1 is 1.10 bits per heavy atom. The molecule has 168 valence electrons. The van der Waals surface area contributed by atoms with Crippen LogP contribution in [0.25, 0.3) is 0 Å². The van der Waals surface area contributed by atoms with Crippen LogP contribution in [0.15, 0.2) is 52.5 Å². The third-order valence-corrected chi connectivity index (χ3v) is 7.74. The Morgan fingerprint density at radius 3 is 2.29 bits per heavy atom. The van der Waals surface area contributed by atoms with Crippen LogP contribution in [0.2, 0.25) is 0 Å². The van der Waals surface area contributed by atoms with Gasteiger partial charge in [-0.2, -0.15) is 17.5 Å². The summed E-state index contributed by atoms with van der Waals surface area (Å²) in [4.78, 5) is 16.6. The highest BCUT2D eigenvalue weighted by Gasteiger charge is 2.30. The molecule has 2 heterocycles. The maximum Gasteiger partial charge on any atom is 0.416 e. The highest BCUT2D eigenvalue weighted by molar-refractivity contribution is 8.00. The van der Waals surface area contributed by atoms with E-state index in [0.717, 1.165) is 43.2 Å². The zero-order chi connectivity index (χ0) is 22.6. The van der Waals surface area contributed by atoms with Gasteiger partial charge >= 0.3 is 6.18 Å². The van der Waals surface area contributed by atoms with Crippen LogP contribution in [0, 0.1) is 0 Å². The predicted molar refractivity (Wildman–Crippen MR) is 112 cm³/mol. The summed E-state index contributed by atoms with van der Waals surface area (Å²) in [6.45, 7) is 2.63. The zero-order valence-corrected chi connectivity index (χ0v) is 18.4. The summed E-state index contributed by atoms with van der Waals surface area (Å²) in [6.07, 6.45) is -0.456. The van der Waals surface area contributed by atoms with E-state index in [4.69, 9.17) is 0 Å². The molecule has 0 radical (unpaired) electrons. The number of piperidine rings is 1. The van der Waals surface area contributed by atoms with Crippen molar-refractivity contribution in [3.05, 3.63) is 48.2 Å². The first-order valence-electron chi connectivity index (χ1n) is 9.68. The molecule has 1 N–H and O–H groups in total. The molecule has 3 rings (SSSR count). The predicted octanol–water partition coefficient (Wildman–Crippen LogP) is 4.39. The van der Waals surface area contributed by atoms with Crippen LogP contribution in [-0.4, -0.2) is 42.0 Å². The van der Waals surface area contributed by atoms with E-state index in [-0.39, 0.29) is 10.6 Å². The Hall–Kier alpha value is -2.11. The molecule has 1 aliphatic heterocycles. The SMILES string of the molecule is CC(Sc1ccc(S(=O)(=O)N2CCCCC2)cn1)C(=O)Nc1ccc(C(F)(F)F)cc1. The molecule has 0 aliphatic carbocycles. The van der Waals surface area contributed by atoms with Gasteiger partial charge in [0, 0.05) is 25.0 Å². The molecule has 11 heteroatoms. The Morgan fingerprint density at radius 2 is 1.74 bits per heavy atom. The number of carbonyl (C=O) groups excluding carboxylic acids is 1. The lowest BCUT2D eigenvalue weighted by atomic mass is 10.2. The third kappa shape index (κ3) is 5.98. The van der Waals surface area contributed by atoms with E-state index in [0.29, 0.717) is 18.1 Å². The minimum absolute atomic E-state index is 0.112. The zero-order valence-electron chi connectivity index (χ0n) is 16.7. The minimum atomic E-state index is -4.44. The molecule has 0 bridgehead atoms. The van der Waals surface area contributed by atoms with Gasteiger partial charge in [-0.1, -0.05) is 18.2 Å². The summed E-state index contributed by atoms with van der Waals surface area (Å²) >= 11 is 1.12. The second-order valence-electron chi connectivity index (χ2n) is 7.12. The van der Waals surface area contributed by atoms with Gasteiger partial charge < -0.3 is 5.32 Å². The van der Waals surface area contributed by atoms with Crippen LogP contribution in [0.1, 0.15) is 31.7 Å². The van der Waals surface area contributed by atoms with Crippen molar-refractivity contribution in [2.75, 3.05) is 18.4 Å². The molecule has 2 aromatic rings. The molecule has 0 spiro atoms. The van der Waals surface area contributed by atoms with Crippen LogP contribution in [0.5, 0.6) is 0 Å². The van der Waals surface area contributed by atoms with Crippen molar-refractivity contribution >= 4 is 33.4 Å². The molecule has 0 saturated carbocycles. The summed E-state index contributed by atoms with van der Waals surface area (Å²) in [5, 5.41) is 2.43. The molecule has 6 nitrogen and oxygen atoms in total. The van der Waals surface area contributed by atoms with Crippen molar-refractivity contribution in [2.24, 2.45) is 0 Å². The van der Waals surface area contributed by atoms with Crippen LogP contribution in [-0.2, 0) is 21.0 Å². The fraction of sp³-hybridized carbons (Fsp3) is 0.400. The lowest BCUT2D eigenvalue weighted by molar-refractivity contribution is -0.137. The minimum Gasteiger partial charge on any atom is -0.325 e. The van der Waals surface area contributed by atoms with Gasteiger partial charge in [0.15, 0.2) is 0 Å². The van der Waals surface area contributed by atoms with Gasteiger partial charge in [0.25, 0.3) is 0 Å². The molecule has 31 heavy (non-hydrogen) atoms. The van der Waals surface area contributed by atoms with Crippen molar-refractivity contribution in [1.82, 2.24) is 9.29 Å². The number of alkyl halides is 3. The van der Waals surface area contributed by atoms with Crippen LogP contribution < -0.4 is 5.32 Å². The van der Waals surface area contributed by atoms with Crippen molar-refractivity contribution in [1.29, 1.82) is 0 Å². The molecule has 1 aromatic carbocycles. The number of anilines is 1. The van der Waals surface area contributed by atoms with Crippen molar-refractivity contribution in [3.8, 4) is 0 Å². The molecule has 1 atom stereocenters. The number of thioether (sulfide) groups is 1. The average molecular weight is 474 g/mol. The summed E-state index contributed by atoms with van der Waals surface area (Å²) in [6, 6.07) is 7.20. The number of pyridine rings is 1. The maximum absolute atomic E-state index is 12.7. The molecule has 1 amide bonds. The Balaban J connectivity index is 1.59. The third-order valence-electron chi connectivity index (χ3n) is 4.81. The van der Waals surface area contributed by atoms with Gasteiger partial charge in [0.1, 0.15) is 4.90 Å². The first kappa shape index (κ1) is 23.6. The number of benzene rings is 1. The van der Waals surface area contributed by atoms with Crippen molar-refractivity contribution in [2.45, 2.75) is 47.5 Å². The van der Waals surface area contributed by atoms with E-state index < -0.39 is 32.9 Å². The number of aromatic nitrogens is 1. The number of amides is 1. The second kappa shape index (κ2) is 9.58. The van der Waals surface area contributed by atoms with Crippen LogP contribution >= 0.6 is 11.8 Å². The summed E-state index contributed by atoms with van der Waals surface area (Å²) < 4.78 is 64.7. The van der Waals surface area contributed by atoms with Gasteiger partial charge in [-0.05, 0) is 56.2 Å². The smallest absolute Gasteiger partial charge is 0.325 e. The number of carbonyl (C=O) groups is 1. The molecule has 1 saturated heterocycles. The molecule has 1 aliphatic rings. The lowest BCUT2D eigenvalue weighted by Crippen LogP contribution is -2.35. The topological polar surface area (TPSA) is 79.4 Å². The number of nitrogens with zero attached hydrogens (tertiary/aromatic N) is 2. The van der Waals surface area contributed by atoms with Gasteiger partial charge in [-0.3, -0.25) is 4.79 Å². The summed E-state index contributed by atoms with van der Waals surface area (Å²) in [5.41, 5.74) is -0.543. The second-order valence-corrected chi connectivity index (χ2v) is 10.4. The number of rotatable bonds is 6. The number of nitrogens with one attached hydrogen (secondary N) is 1. The highest BCUT2D eigenvalue weighted by atomic mass is 32.2. The van der Waals surface area contributed by atoms with E-state index in [1.807, 2.05) is 0 Å². The first-order valence-corrected chi connectivity index (χ1v) is 12.0. The summed E-state index contributed by atoms with van der Waals surface area (Å²) in [5.74, 6) is -0.406. The summed E-state index contributed by atoms with van der Waals surface area (Å²) in [7, 11) is -3.58. The molecule has 1 aromatic heterocycles. The largest absolute Gasteiger partial charge is 0.416 e. The normalized spacial score (nSPS) is 16.6. The van der Waals surface area contributed by atoms with Crippen molar-refractivity contribution in [3.63, 3.8) is 0 Å². The van der Waals surface area contributed by atoms with E-state index in [1.165, 1.54) is 28.7 Å². The van der Waals surface area contributed by atoms with Crippen LogP contribution in [0.3, 0.4) is 0 Å². The van der Waals surface area contributed by atoms with Gasteiger partial charge in [0.2, 0.25) is 15.9 Å². The Labute approximate surface area is 183 Å². The van der Waals surface area contributed by atoms with E-state index in [9.17, 15) is 26.4 Å². The molecule has 1 fully saturated rings. The molecular formula is C20H22F3N3O3S2. The standard InChI is InChI=1S/C20H22F3N3O3S2/c1-14(19(27)25-16-7-5-15(6-8-16)20(21,22)23)30-18-10-9-17(13-24-18)31(28,29)26-11-3-2-4-12-26/h5-10,13-14H,2-4,11-12H2,1H3,(H,25,27). The lowest BCUT2D eigenvalue weighted by Gasteiger charge is -2.25. The number of sulfonamides is 1. The quantitative estimate of drug-likeness (QED) is 0.630.